The highest BCUT2D eigenvalue weighted by atomic mass is 19.1. The zero-order valence-corrected chi connectivity index (χ0v) is 14.5. The highest BCUT2D eigenvalue weighted by Gasteiger charge is 2.20. The Morgan fingerprint density at radius 1 is 1.26 bits per heavy atom. The molecule has 0 unspecified atom stereocenters. The Bertz CT molecular complexity index is 899. The molecular weight excluding hydrogens is 353 g/mol. The smallest absolute Gasteiger partial charge is 0.274 e. The van der Waals surface area contributed by atoms with E-state index in [0.29, 0.717) is 50.8 Å². The number of benzene rings is 1. The molecule has 140 valence electrons. The number of rotatable bonds is 3. The summed E-state index contributed by atoms with van der Waals surface area (Å²) in [5.41, 5.74) is 1.43. The largest absolute Gasteiger partial charge is 0.378 e. The zero-order chi connectivity index (χ0) is 18.8. The van der Waals surface area contributed by atoms with Crippen molar-refractivity contribution in [2.24, 2.45) is 0 Å². The van der Waals surface area contributed by atoms with Crippen molar-refractivity contribution in [3.8, 4) is 0 Å². The second-order valence-electron chi connectivity index (χ2n) is 6.33. The number of fused-ring (bicyclic) bond motifs is 1. The fourth-order valence-corrected chi connectivity index (χ4v) is 3.07. The van der Waals surface area contributed by atoms with E-state index >= 15 is 0 Å². The topological polar surface area (TPSA) is 96.5 Å². The SMILES string of the molecule is O=C1CCc2cc(NC(=O)c3ccnc(N4CCOCC4)n3)c(F)cc2N1. The van der Waals surface area contributed by atoms with Gasteiger partial charge in [0.1, 0.15) is 11.5 Å². The lowest BCUT2D eigenvalue weighted by Crippen LogP contribution is -2.37. The van der Waals surface area contributed by atoms with Crippen LogP contribution in [0, 0.1) is 5.82 Å². The third kappa shape index (κ3) is 3.72. The van der Waals surface area contributed by atoms with Crippen LogP contribution in [0.3, 0.4) is 0 Å². The summed E-state index contributed by atoms with van der Waals surface area (Å²) in [6, 6.07) is 4.25. The molecule has 0 bridgehead atoms. The summed E-state index contributed by atoms with van der Waals surface area (Å²) in [4.78, 5) is 34.4. The Labute approximate surface area is 154 Å². The summed E-state index contributed by atoms with van der Waals surface area (Å²) in [6.07, 6.45) is 2.34. The van der Waals surface area contributed by atoms with Gasteiger partial charge in [-0.2, -0.15) is 0 Å². The Balaban J connectivity index is 1.53. The number of halogens is 1. The molecule has 4 rings (SSSR count). The average molecular weight is 371 g/mol. The van der Waals surface area contributed by atoms with Crippen molar-refractivity contribution in [3.63, 3.8) is 0 Å². The number of morpholine rings is 1. The van der Waals surface area contributed by atoms with Crippen molar-refractivity contribution in [2.75, 3.05) is 41.8 Å². The van der Waals surface area contributed by atoms with Gasteiger partial charge in [0.15, 0.2) is 0 Å². The molecule has 2 N–H and O–H groups in total. The molecule has 0 atom stereocenters. The highest BCUT2D eigenvalue weighted by Crippen LogP contribution is 2.28. The molecule has 1 fully saturated rings. The predicted octanol–water partition coefficient (Wildman–Crippen LogP) is 1.59. The van der Waals surface area contributed by atoms with Gasteiger partial charge in [0.25, 0.3) is 5.91 Å². The molecule has 8 nitrogen and oxygen atoms in total. The van der Waals surface area contributed by atoms with E-state index in [4.69, 9.17) is 4.74 Å². The van der Waals surface area contributed by atoms with Gasteiger partial charge in [0, 0.05) is 31.4 Å². The minimum absolute atomic E-state index is 0.0569. The number of aryl methyl sites for hydroxylation is 1. The Hall–Kier alpha value is -3.07. The number of ether oxygens (including phenoxy) is 1. The molecule has 1 saturated heterocycles. The molecule has 0 aliphatic carbocycles. The molecule has 0 radical (unpaired) electrons. The molecule has 0 spiro atoms. The van der Waals surface area contributed by atoms with Crippen LogP contribution < -0.4 is 15.5 Å². The van der Waals surface area contributed by atoms with Crippen molar-refractivity contribution < 1.29 is 18.7 Å². The fourth-order valence-electron chi connectivity index (χ4n) is 3.07. The molecule has 27 heavy (non-hydrogen) atoms. The van der Waals surface area contributed by atoms with Crippen LogP contribution in [0.25, 0.3) is 0 Å². The summed E-state index contributed by atoms with van der Waals surface area (Å²) in [7, 11) is 0. The minimum Gasteiger partial charge on any atom is -0.378 e. The van der Waals surface area contributed by atoms with Crippen LogP contribution in [0.4, 0.5) is 21.7 Å². The molecular formula is C18H18FN5O3. The Morgan fingerprint density at radius 3 is 2.89 bits per heavy atom. The predicted molar refractivity (Wildman–Crippen MR) is 96.4 cm³/mol. The monoisotopic (exact) mass is 371 g/mol. The van der Waals surface area contributed by atoms with Gasteiger partial charge < -0.3 is 20.3 Å². The second-order valence-corrected chi connectivity index (χ2v) is 6.33. The summed E-state index contributed by atoms with van der Waals surface area (Å²) >= 11 is 0. The van der Waals surface area contributed by atoms with E-state index in [1.807, 2.05) is 4.90 Å². The van der Waals surface area contributed by atoms with Gasteiger partial charge in [0.05, 0.1) is 18.9 Å². The van der Waals surface area contributed by atoms with Crippen LogP contribution in [-0.4, -0.2) is 48.1 Å². The summed E-state index contributed by atoms with van der Waals surface area (Å²) < 4.78 is 19.6. The van der Waals surface area contributed by atoms with Crippen LogP contribution in [-0.2, 0) is 16.0 Å². The lowest BCUT2D eigenvalue weighted by molar-refractivity contribution is -0.116. The Morgan fingerprint density at radius 2 is 2.07 bits per heavy atom. The number of hydrogen-bond acceptors (Lipinski definition) is 6. The van der Waals surface area contributed by atoms with Gasteiger partial charge in [-0.3, -0.25) is 9.59 Å². The lowest BCUT2D eigenvalue weighted by atomic mass is 10.0. The van der Waals surface area contributed by atoms with Gasteiger partial charge in [0.2, 0.25) is 11.9 Å². The number of carbonyl (C=O) groups excluding carboxylic acids is 2. The third-order valence-corrected chi connectivity index (χ3v) is 4.51. The average Bonchev–Trinajstić information content (AvgIpc) is 2.69. The van der Waals surface area contributed by atoms with Crippen molar-refractivity contribution >= 4 is 29.1 Å². The van der Waals surface area contributed by atoms with Gasteiger partial charge in [-0.1, -0.05) is 0 Å². The molecule has 1 aromatic carbocycles. The van der Waals surface area contributed by atoms with Gasteiger partial charge in [-0.25, -0.2) is 14.4 Å². The first-order chi connectivity index (χ1) is 13.1. The number of nitrogens with zero attached hydrogens (tertiary/aromatic N) is 3. The van der Waals surface area contributed by atoms with Crippen molar-refractivity contribution in [3.05, 3.63) is 41.5 Å². The first-order valence-electron chi connectivity index (χ1n) is 8.69. The highest BCUT2D eigenvalue weighted by molar-refractivity contribution is 6.03. The maximum Gasteiger partial charge on any atom is 0.274 e. The van der Waals surface area contributed by atoms with Crippen LogP contribution in [0.5, 0.6) is 0 Å². The normalized spacial score (nSPS) is 16.5. The van der Waals surface area contributed by atoms with E-state index in [-0.39, 0.29) is 17.3 Å². The second kappa shape index (κ2) is 7.28. The number of aromatic nitrogens is 2. The zero-order valence-electron chi connectivity index (χ0n) is 14.5. The molecule has 9 heteroatoms. The fraction of sp³-hybridized carbons (Fsp3) is 0.333. The van der Waals surface area contributed by atoms with E-state index in [2.05, 4.69) is 20.6 Å². The molecule has 1 aromatic heterocycles. The lowest BCUT2D eigenvalue weighted by Gasteiger charge is -2.26. The maximum absolute atomic E-state index is 14.3. The quantitative estimate of drug-likeness (QED) is 0.851. The van der Waals surface area contributed by atoms with E-state index in [1.54, 1.807) is 6.07 Å². The summed E-state index contributed by atoms with van der Waals surface area (Å²) in [5, 5.41) is 5.19. The van der Waals surface area contributed by atoms with Crippen LogP contribution in [0.1, 0.15) is 22.5 Å². The van der Waals surface area contributed by atoms with E-state index in [0.717, 1.165) is 5.56 Å². The number of nitrogens with one attached hydrogen (secondary N) is 2. The summed E-state index contributed by atoms with van der Waals surface area (Å²) in [5.74, 6) is -0.841. The third-order valence-electron chi connectivity index (χ3n) is 4.51. The van der Waals surface area contributed by atoms with E-state index < -0.39 is 11.7 Å². The van der Waals surface area contributed by atoms with Crippen LogP contribution in [0.2, 0.25) is 0 Å². The molecule has 0 saturated carbocycles. The van der Waals surface area contributed by atoms with Crippen LogP contribution in [0.15, 0.2) is 24.4 Å². The van der Waals surface area contributed by atoms with Gasteiger partial charge in [-0.05, 0) is 30.2 Å². The standard InChI is InChI=1S/C18H18FN5O3/c19-12-10-14-11(1-2-16(25)21-14)9-15(12)22-17(26)13-3-4-20-18(23-13)24-5-7-27-8-6-24/h3-4,9-10H,1-2,5-8H2,(H,21,25)(H,22,26). The van der Waals surface area contributed by atoms with Crippen molar-refractivity contribution in [2.45, 2.75) is 12.8 Å². The first-order valence-corrected chi connectivity index (χ1v) is 8.69. The maximum atomic E-state index is 14.3. The molecule has 2 amide bonds. The molecule has 2 aliphatic heterocycles. The molecule has 2 aromatic rings. The minimum atomic E-state index is -0.619. The van der Waals surface area contributed by atoms with Crippen molar-refractivity contribution in [1.29, 1.82) is 0 Å². The molecule has 2 aliphatic rings. The van der Waals surface area contributed by atoms with E-state index in [9.17, 15) is 14.0 Å². The summed E-state index contributed by atoms with van der Waals surface area (Å²) in [6.45, 7) is 2.46. The number of amides is 2. The van der Waals surface area contributed by atoms with E-state index in [1.165, 1.54) is 18.3 Å². The Kier molecular flexibility index (Phi) is 4.68. The van der Waals surface area contributed by atoms with Crippen molar-refractivity contribution in [1.82, 2.24) is 9.97 Å². The first kappa shape index (κ1) is 17.3. The molecule has 3 heterocycles. The van der Waals surface area contributed by atoms with Gasteiger partial charge in [-0.15, -0.1) is 0 Å². The number of hydrogen-bond donors (Lipinski definition) is 2. The number of anilines is 3. The number of carbonyl (C=O) groups is 2. The van der Waals surface area contributed by atoms with Crippen LogP contribution >= 0.6 is 0 Å². The van der Waals surface area contributed by atoms with Gasteiger partial charge >= 0.3 is 0 Å².